The van der Waals surface area contributed by atoms with E-state index < -0.39 is 59.6 Å². The van der Waals surface area contributed by atoms with Crippen LogP contribution in [0.15, 0.2) is 54.6 Å². The standard InChI is InChI=1S/C30H37F4NO6/c1-28(2,3)41-27(38)35(6)23(18-29(4,5)31)25(36)40-24(26(37)39-19-21-10-8-7-9-11-21)17-14-20-12-15-22(16-13-20)30(32,33)34/h7-13,15-16,23-24H,14,17-19H2,1-6H3/t23-,24+/m0/s1. The maximum absolute atomic E-state index is 14.7. The van der Waals surface area contributed by atoms with Gasteiger partial charge in [0.05, 0.1) is 5.56 Å². The first-order valence-corrected chi connectivity index (χ1v) is 13.1. The lowest BCUT2D eigenvalue weighted by Crippen LogP contribution is -2.49. The van der Waals surface area contributed by atoms with Crippen molar-refractivity contribution in [2.75, 3.05) is 7.05 Å². The van der Waals surface area contributed by atoms with Gasteiger partial charge in [-0.2, -0.15) is 13.2 Å². The summed E-state index contributed by atoms with van der Waals surface area (Å²) in [6.45, 7) is 7.23. The van der Waals surface area contributed by atoms with Crippen LogP contribution in [0, 0.1) is 0 Å². The normalized spacial score (nSPS) is 13.6. The van der Waals surface area contributed by atoms with Gasteiger partial charge in [-0.25, -0.2) is 18.8 Å². The number of ether oxygens (including phenoxy) is 3. The molecule has 0 saturated heterocycles. The summed E-state index contributed by atoms with van der Waals surface area (Å²) < 4.78 is 69.7. The Hall–Kier alpha value is -3.63. The van der Waals surface area contributed by atoms with Gasteiger partial charge in [-0.3, -0.25) is 4.90 Å². The van der Waals surface area contributed by atoms with Crippen LogP contribution in [0.1, 0.15) is 64.2 Å². The Morgan fingerprint density at radius 1 is 0.829 bits per heavy atom. The number of hydrogen-bond acceptors (Lipinski definition) is 6. The average Bonchev–Trinajstić information content (AvgIpc) is 2.86. The highest BCUT2D eigenvalue weighted by atomic mass is 19.4. The summed E-state index contributed by atoms with van der Waals surface area (Å²) in [6, 6.07) is 11.7. The van der Waals surface area contributed by atoms with Crippen molar-refractivity contribution in [3.63, 3.8) is 0 Å². The lowest BCUT2D eigenvalue weighted by Gasteiger charge is -2.32. The molecular weight excluding hydrogens is 546 g/mol. The number of benzene rings is 2. The molecule has 226 valence electrons. The van der Waals surface area contributed by atoms with Crippen molar-refractivity contribution in [1.29, 1.82) is 0 Å². The van der Waals surface area contributed by atoms with Crippen molar-refractivity contribution < 1.29 is 46.2 Å². The molecule has 0 radical (unpaired) electrons. The first-order valence-electron chi connectivity index (χ1n) is 13.1. The molecule has 0 aliphatic carbocycles. The topological polar surface area (TPSA) is 82.1 Å². The minimum absolute atomic E-state index is 0.0672. The van der Waals surface area contributed by atoms with Gasteiger partial charge in [0.25, 0.3) is 0 Å². The van der Waals surface area contributed by atoms with E-state index in [0.717, 1.165) is 17.0 Å². The zero-order chi connectivity index (χ0) is 31.0. The van der Waals surface area contributed by atoms with Crippen LogP contribution in [0.25, 0.3) is 0 Å². The molecule has 7 nitrogen and oxygen atoms in total. The second-order valence-electron chi connectivity index (χ2n) is 11.3. The number of hydrogen-bond donors (Lipinski definition) is 0. The number of rotatable bonds is 11. The number of aryl methyl sites for hydroxylation is 1. The number of amides is 1. The summed E-state index contributed by atoms with van der Waals surface area (Å²) >= 11 is 0. The number of carbonyl (C=O) groups excluding carboxylic acids is 3. The second kappa shape index (κ2) is 13.8. The number of nitrogens with zero attached hydrogens (tertiary/aromatic N) is 1. The van der Waals surface area contributed by atoms with E-state index in [1.54, 1.807) is 51.1 Å². The monoisotopic (exact) mass is 583 g/mol. The quantitative estimate of drug-likeness (QED) is 0.167. The second-order valence-corrected chi connectivity index (χ2v) is 11.3. The van der Waals surface area contributed by atoms with E-state index >= 15 is 0 Å². The molecule has 0 unspecified atom stereocenters. The average molecular weight is 584 g/mol. The van der Waals surface area contributed by atoms with E-state index in [0.29, 0.717) is 11.1 Å². The summed E-state index contributed by atoms with van der Waals surface area (Å²) in [7, 11) is 1.26. The Morgan fingerprint density at radius 3 is 1.93 bits per heavy atom. The summed E-state index contributed by atoms with van der Waals surface area (Å²) in [6.07, 6.45) is -7.39. The third-order valence-corrected chi connectivity index (χ3v) is 5.82. The molecule has 0 aliphatic rings. The molecule has 11 heteroatoms. The maximum atomic E-state index is 14.7. The van der Waals surface area contributed by atoms with Crippen LogP contribution in [0.3, 0.4) is 0 Å². The molecule has 0 spiro atoms. The van der Waals surface area contributed by atoms with Crippen molar-refractivity contribution in [1.82, 2.24) is 4.90 Å². The van der Waals surface area contributed by atoms with Crippen molar-refractivity contribution in [2.45, 2.75) is 90.1 Å². The van der Waals surface area contributed by atoms with Gasteiger partial charge in [-0.05, 0) is 70.7 Å². The van der Waals surface area contributed by atoms with Crippen molar-refractivity contribution in [2.24, 2.45) is 0 Å². The summed E-state index contributed by atoms with van der Waals surface area (Å²) in [5.74, 6) is -1.95. The van der Waals surface area contributed by atoms with E-state index in [4.69, 9.17) is 14.2 Å². The van der Waals surface area contributed by atoms with Gasteiger partial charge in [0, 0.05) is 13.5 Å². The molecule has 41 heavy (non-hydrogen) atoms. The zero-order valence-corrected chi connectivity index (χ0v) is 24.1. The van der Waals surface area contributed by atoms with Gasteiger partial charge in [0.2, 0.25) is 0 Å². The SMILES string of the molecule is CN(C(=O)OC(C)(C)C)[C@@H](CC(C)(C)F)C(=O)O[C@H](CCc1ccc(C(F)(F)F)cc1)C(=O)OCc1ccccc1. The molecule has 2 atom stereocenters. The van der Waals surface area contributed by atoms with Gasteiger partial charge < -0.3 is 14.2 Å². The predicted octanol–water partition coefficient (Wildman–Crippen LogP) is 6.67. The largest absolute Gasteiger partial charge is 0.458 e. The fourth-order valence-corrected chi connectivity index (χ4v) is 3.72. The smallest absolute Gasteiger partial charge is 0.416 e. The van der Waals surface area contributed by atoms with Crippen LogP contribution in [0.4, 0.5) is 22.4 Å². The summed E-state index contributed by atoms with van der Waals surface area (Å²) in [5, 5.41) is 0. The molecular formula is C30H37F4NO6. The Morgan fingerprint density at radius 2 is 1.41 bits per heavy atom. The maximum Gasteiger partial charge on any atom is 0.416 e. The highest BCUT2D eigenvalue weighted by Crippen LogP contribution is 2.29. The molecule has 0 aromatic heterocycles. The van der Waals surface area contributed by atoms with E-state index in [1.165, 1.54) is 33.0 Å². The Kier molecular flexibility index (Phi) is 11.3. The lowest BCUT2D eigenvalue weighted by atomic mass is 10.00. The molecule has 2 aromatic rings. The van der Waals surface area contributed by atoms with Gasteiger partial charge in [-0.15, -0.1) is 0 Å². The van der Waals surface area contributed by atoms with Crippen LogP contribution in [0.2, 0.25) is 0 Å². The van der Waals surface area contributed by atoms with Gasteiger partial charge in [-0.1, -0.05) is 42.5 Å². The van der Waals surface area contributed by atoms with Gasteiger partial charge in [0.15, 0.2) is 6.10 Å². The third kappa shape index (κ3) is 11.8. The van der Waals surface area contributed by atoms with Crippen molar-refractivity contribution in [3.05, 3.63) is 71.3 Å². The minimum atomic E-state index is -4.50. The lowest BCUT2D eigenvalue weighted by molar-refractivity contribution is -0.172. The zero-order valence-electron chi connectivity index (χ0n) is 24.1. The molecule has 2 rings (SSSR count). The fourth-order valence-electron chi connectivity index (χ4n) is 3.72. The van der Waals surface area contributed by atoms with Crippen LogP contribution in [0.5, 0.6) is 0 Å². The minimum Gasteiger partial charge on any atom is -0.458 e. The molecule has 2 aromatic carbocycles. The van der Waals surface area contributed by atoms with Crippen LogP contribution in [-0.2, 0) is 43.0 Å². The first-order chi connectivity index (χ1) is 18.9. The molecule has 0 aliphatic heterocycles. The van der Waals surface area contributed by atoms with Crippen molar-refractivity contribution >= 4 is 18.0 Å². The van der Waals surface area contributed by atoms with E-state index in [2.05, 4.69) is 0 Å². The molecule has 1 amide bonds. The van der Waals surface area contributed by atoms with E-state index in [-0.39, 0.29) is 19.4 Å². The summed E-state index contributed by atoms with van der Waals surface area (Å²) in [5.41, 5.74) is -2.48. The molecule has 0 bridgehead atoms. The Bertz CT molecular complexity index is 1150. The molecule has 0 fully saturated rings. The van der Waals surface area contributed by atoms with Crippen molar-refractivity contribution in [3.8, 4) is 0 Å². The number of likely N-dealkylation sites (N-methyl/N-ethyl adjacent to an activating group) is 1. The summed E-state index contributed by atoms with van der Waals surface area (Å²) in [4.78, 5) is 39.9. The number of halogens is 4. The van der Waals surface area contributed by atoms with E-state index in [9.17, 15) is 31.9 Å². The Balaban J connectivity index is 2.26. The third-order valence-electron chi connectivity index (χ3n) is 5.82. The van der Waals surface area contributed by atoms with Gasteiger partial charge in [0.1, 0.15) is 23.9 Å². The highest BCUT2D eigenvalue weighted by molar-refractivity contribution is 5.84. The number of carbonyl (C=O) groups is 3. The van der Waals surface area contributed by atoms with Crippen LogP contribution < -0.4 is 0 Å². The highest BCUT2D eigenvalue weighted by Gasteiger charge is 2.38. The predicted molar refractivity (Wildman–Crippen MR) is 143 cm³/mol. The number of alkyl halides is 4. The van der Waals surface area contributed by atoms with Gasteiger partial charge >= 0.3 is 24.2 Å². The van der Waals surface area contributed by atoms with E-state index in [1.807, 2.05) is 0 Å². The fraction of sp³-hybridized carbons (Fsp3) is 0.500. The number of esters is 2. The molecule has 0 saturated carbocycles. The Labute approximate surface area is 237 Å². The molecule has 0 heterocycles. The van der Waals surface area contributed by atoms with Crippen LogP contribution in [-0.4, -0.2) is 53.4 Å². The first kappa shape index (κ1) is 33.6. The van der Waals surface area contributed by atoms with Crippen LogP contribution >= 0.6 is 0 Å². The molecule has 0 N–H and O–H groups in total.